The maximum atomic E-state index is 12.7. The van der Waals surface area contributed by atoms with Crippen LogP contribution in [0.5, 0.6) is 0 Å². The molecule has 0 radical (unpaired) electrons. The highest BCUT2D eigenvalue weighted by atomic mass is 16.1. The number of hydrogen-bond donors (Lipinski definition) is 1. The molecule has 0 fully saturated rings. The van der Waals surface area contributed by atoms with E-state index in [1.165, 1.54) is 5.56 Å². The van der Waals surface area contributed by atoms with Crippen LogP contribution in [0.3, 0.4) is 0 Å². The van der Waals surface area contributed by atoms with Gasteiger partial charge < -0.3 is 9.72 Å². The molecule has 130 valence electrons. The standard InChI is InChI=1S/C21H20N4O/c1-24-14-11-18(23-24)20-15-17(19-9-5-6-13-25(19)20)21(26)22-12-10-16-7-3-2-4-8-16/h2-9,11,13-15H,10,12H2,1H3,(H,22,26). The molecule has 4 aromatic rings. The first-order chi connectivity index (χ1) is 12.7. The van der Waals surface area contributed by atoms with Gasteiger partial charge in [-0.05, 0) is 36.2 Å². The van der Waals surface area contributed by atoms with Gasteiger partial charge in [0, 0.05) is 26.0 Å². The number of carbonyl (C=O) groups excluding carboxylic acids is 1. The van der Waals surface area contributed by atoms with E-state index >= 15 is 0 Å². The Bertz CT molecular complexity index is 1050. The normalized spacial score (nSPS) is 11.0. The Labute approximate surface area is 151 Å². The topological polar surface area (TPSA) is 51.3 Å². The third-order valence-corrected chi connectivity index (χ3v) is 4.44. The molecule has 0 atom stereocenters. The van der Waals surface area contributed by atoms with Crippen molar-refractivity contribution in [2.75, 3.05) is 6.54 Å². The Morgan fingerprint density at radius 2 is 1.85 bits per heavy atom. The fourth-order valence-corrected chi connectivity index (χ4v) is 3.14. The van der Waals surface area contributed by atoms with Crippen molar-refractivity contribution in [2.45, 2.75) is 6.42 Å². The number of fused-ring (bicyclic) bond motifs is 1. The Morgan fingerprint density at radius 1 is 1.04 bits per heavy atom. The third kappa shape index (κ3) is 3.11. The molecule has 0 unspecified atom stereocenters. The van der Waals surface area contributed by atoms with E-state index in [0.717, 1.165) is 23.3 Å². The predicted molar refractivity (Wildman–Crippen MR) is 102 cm³/mol. The summed E-state index contributed by atoms with van der Waals surface area (Å²) in [5.41, 5.74) is 4.51. The molecule has 1 aromatic carbocycles. The SMILES string of the molecule is Cn1ccc(-c2cc(C(=O)NCCc3ccccc3)c3ccccn23)n1. The van der Waals surface area contributed by atoms with Crippen molar-refractivity contribution in [2.24, 2.45) is 7.05 Å². The molecule has 5 nitrogen and oxygen atoms in total. The largest absolute Gasteiger partial charge is 0.352 e. The van der Waals surface area contributed by atoms with Crippen molar-refractivity contribution >= 4 is 11.4 Å². The van der Waals surface area contributed by atoms with Gasteiger partial charge in [0.05, 0.1) is 16.8 Å². The lowest BCUT2D eigenvalue weighted by atomic mass is 10.1. The average Bonchev–Trinajstić information content (AvgIpc) is 3.26. The van der Waals surface area contributed by atoms with E-state index < -0.39 is 0 Å². The molecule has 1 amide bonds. The minimum absolute atomic E-state index is 0.0631. The fourth-order valence-electron chi connectivity index (χ4n) is 3.14. The second-order valence-electron chi connectivity index (χ2n) is 6.27. The number of amides is 1. The quantitative estimate of drug-likeness (QED) is 0.604. The highest BCUT2D eigenvalue weighted by Crippen LogP contribution is 2.25. The fraction of sp³-hybridized carbons (Fsp3) is 0.143. The van der Waals surface area contributed by atoms with Gasteiger partial charge in [0.1, 0.15) is 5.69 Å². The van der Waals surface area contributed by atoms with Gasteiger partial charge in [0.2, 0.25) is 0 Å². The van der Waals surface area contributed by atoms with Crippen molar-refractivity contribution in [1.82, 2.24) is 19.5 Å². The molecule has 0 bridgehead atoms. The molecule has 1 N–H and O–H groups in total. The summed E-state index contributed by atoms with van der Waals surface area (Å²) >= 11 is 0. The summed E-state index contributed by atoms with van der Waals surface area (Å²) in [6.45, 7) is 0.603. The Kier molecular flexibility index (Phi) is 4.27. The van der Waals surface area contributed by atoms with Gasteiger partial charge in [-0.2, -0.15) is 5.10 Å². The Morgan fingerprint density at radius 3 is 2.62 bits per heavy atom. The molecule has 4 rings (SSSR count). The van der Waals surface area contributed by atoms with E-state index in [-0.39, 0.29) is 5.91 Å². The van der Waals surface area contributed by atoms with Crippen LogP contribution in [-0.4, -0.2) is 26.6 Å². The lowest BCUT2D eigenvalue weighted by Crippen LogP contribution is -2.25. The van der Waals surface area contributed by atoms with Gasteiger partial charge in [-0.3, -0.25) is 9.48 Å². The Balaban J connectivity index is 1.59. The molecule has 0 aliphatic rings. The molecule has 0 aliphatic carbocycles. The van der Waals surface area contributed by atoms with Crippen molar-refractivity contribution in [3.8, 4) is 11.4 Å². The summed E-state index contributed by atoms with van der Waals surface area (Å²) in [6, 6.07) is 19.9. The number of nitrogens with one attached hydrogen (secondary N) is 1. The number of nitrogens with zero attached hydrogens (tertiary/aromatic N) is 3. The number of hydrogen-bond acceptors (Lipinski definition) is 2. The van der Waals surface area contributed by atoms with E-state index in [1.807, 2.05) is 72.4 Å². The molecular weight excluding hydrogens is 324 g/mol. The molecule has 0 spiro atoms. The summed E-state index contributed by atoms with van der Waals surface area (Å²) in [5, 5.41) is 7.50. The first kappa shape index (κ1) is 16.1. The molecule has 0 aliphatic heterocycles. The van der Waals surface area contributed by atoms with E-state index in [2.05, 4.69) is 22.5 Å². The first-order valence-electron chi connectivity index (χ1n) is 8.64. The first-order valence-corrected chi connectivity index (χ1v) is 8.64. The van der Waals surface area contributed by atoms with Crippen LogP contribution in [0.2, 0.25) is 0 Å². The van der Waals surface area contributed by atoms with Crippen LogP contribution < -0.4 is 5.32 Å². The summed E-state index contributed by atoms with van der Waals surface area (Å²) in [5.74, 6) is -0.0631. The lowest BCUT2D eigenvalue weighted by Gasteiger charge is -2.05. The lowest BCUT2D eigenvalue weighted by molar-refractivity contribution is 0.0956. The Hall–Kier alpha value is -3.34. The smallest absolute Gasteiger partial charge is 0.253 e. The van der Waals surface area contributed by atoms with Crippen LogP contribution in [0.1, 0.15) is 15.9 Å². The van der Waals surface area contributed by atoms with Crippen LogP contribution in [-0.2, 0) is 13.5 Å². The van der Waals surface area contributed by atoms with Crippen molar-refractivity contribution in [3.05, 3.63) is 84.2 Å². The van der Waals surface area contributed by atoms with E-state index in [1.54, 1.807) is 4.68 Å². The number of aryl methyl sites for hydroxylation is 1. The summed E-state index contributed by atoms with van der Waals surface area (Å²) in [4.78, 5) is 12.7. The van der Waals surface area contributed by atoms with E-state index in [4.69, 9.17) is 0 Å². The average molecular weight is 344 g/mol. The van der Waals surface area contributed by atoms with E-state index in [0.29, 0.717) is 12.1 Å². The molecule has 5 heteroatoms. The number of aromatic nitrogens is 3. The molecular formula is C21H20N4O. The van der Waals surface area contributed by atoms with Crippen LogP contribution in [0.15, 0.2) is 73.1 Å². The predicted octanol–water partition coefficient (Wildman–Crippen LogP) is 3.31. The van der Waals surface area contributed by atoms with Gasteiger partial charge in [0.15, 0.2) is 0 Å². The maximum Gasteiger partial charge on any atom is 0.253 e. The van der Waals surface area contributed by atoms with Gasteiger partial charge >= 0.3 is 0 Å². The minimum Gasteiger partial charge on any atom is -0.352 e. The summed E-state index contributed by atoms with van der Waals surface area (Å²) in [6.07, 6.45) is 4.67. The number of rotatable bonds is 5. The van der Waals surface area contributed by atoms with Gasteiger partial charge in [0.25, 0.3) is 5.91 Å². The zero-order valence-electron chi connectivity index (χ0n) is 14.6. The number of benzene rings is 1. The number of pyridine rings is 1. The highest BCUT2D eigenvalue weighted by molar-refractivity contribution is 6.02. The van der Waals surface area contributed by atoms with Gasteiger partial charge in [-0.1, -0.05) is 36.4 Å². The summed E-state index contributed by atoms with van der Waals surface area (Å²) in [7, 11) is 1.89. The molecule has 0 saturated heterocycles. The van der Waals surface area contributed by atoms with Gasteiger partial charge in [-0.25, -0.2) is 0 Å². The summed E-state index contributed by atoms with van der Waals surface area (Å²) < 4.78 is 3.77. The zero-order chi connectivity index (χ0) is 17.9. The van der Waals surface area contributed by atoms with Crippen molar-refractivity contribution in [3.63, 3.8) is 0 Å². The van der Waals surface area contributed by atoms with Gasteiger partial charge in [-0.15, -0.1) is 0 Å². The van der Waals surface area contributed by atoms with Crippen molar-refractivity contribution < 1.29 is 4.79 Å². The van der Waals surface area contributed by atoms with Crippen LogP contribution in [0.25, 0.3) is 16.9 Å². The monoisotopic (exact) mass is 344 g/mol. The van der Waals surface area contributed by atoms with Crippen LogP contribution in [0.4, 0.5) is 0 Å². The number of carbonyl (C=O) groups is 1. The third-order valence-electron chi connectivity index (χ3n) is 4.44. The van der Waals surface area contributed by atoms with E-state index in [9.17, 15) is 4.79 Å². The zero-order valence-corrected chi connectivity index (χ0v) is 14.6. The molecule has 0 saturated carbocycles. The second-order valence-corrected chi connectivity index (χ2v) is 6.27. The minimum atomic E-state index is -0.0631. The molecule has 3 aromatic heterocycles. The highest BCUT2D eigenvalue weighted by Gasteiger charge is 2.17. The second kappa shape index (κ2) is 6.88. The molecule has 26 heavy (non-hydrogen) atoms. The van der Waals surface area contributed by atoms with Crippen LogP contribution in [0, 0.1) is 0 Å². The molecule has 3 heterocycles. The van der Waals surface area contributed by atoms with Crippen LogP contribution >= 0.6 is 0 Å². The maximum absolute atomic E-state index is 12.7. The van der Waals surface area contributed by atoms with Crippen molar-refractivity contribution in [1.29, 1.82) is 0 Å².